The zero-order valence-corrected chi connectivity index (χ0v) is 17.1. The monoisotopic (exact) mass is 411 g/mol. The van der Waals surface area contributed by atoms with Crippen molar-refractivity contribution in [2.75, 3.05) is 18.5 Å². The zero-order valence-electron chi connectivity index (χ0n) is 16.3. The molecule has 7 heteroatoms. The molecule has 3 aromatic rings. The summed E-state index contributed by atoms with van der Waals surface area (Å²) in [6, 6.07) is 14.5. The van der Waals surface area contributed by atoms with E-state index in [1.807, 2.05) is 31.2 Å². The molecule has 3 rings (SSSR count). The molecule has 6 nitrogen and oxygen atoms in total. The summed E-state index contributed by atoms with van der Waals surface area (Å²) in [6.07, 6.45) is 1.65. The van der Waals surface area contributed by atoms with Gasteiger partial charge >= 0.3 is 0 Å². The lowest BCUT2D eigenvalue weighted by Gasteiger charge is -2.19. The van der Waals surface area contributed by atoms with E-state index in [9.17, 15) is 9.59 Å². The Kier molecular flexibility index (Phi) is 6.67. The Balaban J connectivity index is 1.64. The summed E-state index contributed by atoms with van der Waals surface area (Å²) >= 11 is 6.18. The van der Waals surface area contributed by atoms with Crippen LogP contribution in [0.15, 0.2) is 54.7 Å². The van der Waals surface area contributed by atoms with Crippen LogP contribution in [0, 0.1) is 0 Å². The molecule has 0 bridgehead atoms. The SMILES string of the molecule is CCN(Cc1cccc(NC(=O)COc2ccc(Cl)c3cccnc23)c1)C(C)=O. The summed E-state index contributed by atoms with van der Waals surface area (Å²) in [4.78, 5) is 30.0. The van der Waals surface area contributed by atoms with Gasteiger partial charge in [-0.15, -0.1) is 0 Å². The molecule has 1 aromatic heterocycles. The summed E-state index contributed by atoms with van der Waals surface area (Å²) in [5.41, 5.74) is 2.20. The van der Waals surface area contributed by atoms with Crippen molar-refractivity contribution in [1.29, 1.82) is 0 Å². The molecule has 0 atom stereocenters. The largest absolute Gasteiger partial charge is 0.481 e. The quantitative estimate of drug-likeness (QED) is 0.630. The Bertz CT molecular complexity index is 1040. The molecule has 29 heavy (non-hydrogen) atoms. The number of fused-ring (bicyclic) bond motifs is 1. The van der Waals surface area contributed by atoms with E-state index >= 15 is 0 Å². The van der Waals surface area contributed by atoms with Crippen molar-refractivity contribution in [2.24, 2.45) is 0 Å². The minimum atomic E-state index is -0.292. The highest BCUT2D eigenvalue weighted by molar-refractivity contribution is 6.35. The van der Waals surface area contributed by atoms with Crippen molar-refractivity contribution in [3.05, 3.63) is 65.3 Å². The van der Waals surface area contributed by atoms with Crippen LogP contribution >= 0.6 is 11.6 Å². The topological polar surface area (TPSA) is 71.5 Å². The van der Waals surface area contributed by atoms with Gasteiger partial charge in [0.2, 0.25) is 5.91 Å². The molecule has 2 amide bonds. The lowest BCUT2D eigenvalue weighted by Crippen LogP contribution is -2.27. The van der Waals surface area contributed by atoms with E-state index in [0.29, 0.717) is 35.1 Å². The molecule has 0 unspecified atom stereocenters. The van der Waals surface area contributed by atoms with Gasteiger partial charge < -0.3 is 15.0 Å². The first kappa shape index (κ1) is 20.6. The average molecular weight is 412 g/mol. The van der Waals surface area contributed by atoms with Crippen LogP contribution in [0.5, 0.6) is 5.75 Å². The Hall–Kier alpha value is -3.12. The van der Waals surface area contributed by atoms with E-state index in [2.05, 4.69) is 10.3 Å². The van der Waals surface area contributed by atoms with Gasteiger partial charge in [0.1, 0.15) is 11.3 Å². The number of pyridine rings is 1. The molecule has 2 aromatic carbocycles. The van der Waals surface area contributed by atoms with Gasteiger partial charge in [0.25, 0.3) is 5.91 Å². The third-order valence-electron chi connectivity index (χ3n) is 4.45. The Morgan fingerprint density at radius 2 is 2.00 bits per heavy atom. The first-order valence-corrected chi connectivity index (χ1v) is 9.66. The molecule has 0 aliphatic carbocycles. The van der Waals surface area contributed by atoms with Crippen molar-refractivity contribution in [3.63, 3.8) is 0 Å². The number of anilines is 1. The number of amides is 2. The minimum absolute atomic E-state index is 0.0131. The number of hydrogen-bond acceptors (Lipinski definition) is 4. The molecule has 0 spiro atoms. The van der Waals surface area contributed by atoms with E-state index in [0.717, 1.165) is 10.9 Å². The van der Waals surface area contributed by atoms with Crippen molar-refractivity contribution >= 4 is 40.0 Å². The van der Waals surface area contributed by atoms with E-state index in [1.165, 1.54) is 0 Å². The van der Waals surface area contributed by atoms with Gasteiger partial charge in [0.15, 0.2) is 6.61 Å². The normalized spacial score (nSPS) is 10.6. The average Bonchev–Trinajstić information content (AvgIpc) is 2.72. The van der Waals surface area contributed by atoms with Crippen LogP contribution in [-0.2, 0) is 16.1 Å². The summed E-state index contributed by atoms with van der Waals surface area (Å²) in [7, 11) is 0. The first-order chi connectivity index (χ1) is 14.0. The molecule has 1 heterocycles. The molecule has 0 saturated heterocycles. The Morgan fingerprint density at radius 1 is 1.17 bits per heavy atom. The number of ether oxygens (including phenoxy) is 1. The maximum atomic E-state index is 12.3. The van der Waals surface area contributed by atoms with Gasteiger partial charge in [-0.05, 0) is 48.9 Å². The standard InChI is InChI=1S/C22H22ClN3O3/c1-3-26(15(2)27)13-16-6-4-7-17(12-16)25-21(28)14-29-20-10-9-19(23)18-8-5-11-24-22(18)20/h4-12H,3,13-14H2,1-2H3,(H,25,28). The highest BCUT2D eigenvalue weighted by atomic mass is 35.5. The minimum Gasteiger partial charge on any atom is -0.481 e. The van der Waals surface area contributed by atoms with Crippen LogP contribution in [0.4, 0.5) is 5.69 Å². The van der Waals surface area contributed by atoms with E-state index in [1.54, 1.807) is 42.3 Å². The van der Waals surface area contributed by atoms with Crippen molar-refractivity contribution in [3.8, 4) is 5.75 Å². The summed E-state index contributed by atoms with van der Waals surface area (Å²) < 4.78 is 5.67. The van der Waals surface area contributed by atoms with Gasteiger partial charge in [-0.2, -0.15) is 0 Å². The number of halogens is 1. The molecule has 0 saturated carbocycles. The number of hydrogen-bond donors (Lipinski definition) is 1. The predicted octanol–water partition coefficient (Wildman–Crippen LogP) is 4.27. The van der Waals surface area contributed by atoms with E-state index in [4.69, 9.17) is 16.3 Å². The fraction of sp³-hybridized carbons (Fsp3) is 0.227. The highest BCUT2D eigenvalue weighted by Crippen LogP contribution is 2.29. The van der Waals surface area contributed by atoms with Crippen molar-refractivity contribution in [1.82, 2.24) is 9.88 Å². The predicted molar refractivity (Wildman–Crippen MR) is 114 cm³/mol. The number of aromatic nitrogens is 1. The van der Waals surface area contributed by atoms with Crippen molar-refractivity contribution < 1.29 is 14.3 Å². The molecule has 1 N–H and O–H groups in total. The number of nitrogens with zero attached hydrogens (tertiary/aromatic N) is 2. The second-order valence-corrected chi connectivity index (χ2v) is 6.92. The fourth-order valence-corrected chi connectivity index (χ4v) is 3.20. The summed E-state index contributed by atoms with van der Waals surface area (Å²) in [5, 5.41) is 4.17. The number of benzene rings is 2. The van der Waals surface area contributed by atoms with Gasteiger partial charge in [0, 0.05) is 37.3 Å². The molecular weight excluding hydrogens is 390 g/mol. The lowest BCUT2D eigenvalue weighted by atomic mass is 10.2. The second kappa shape index (κ2) is 9.39. The van der Waals surface area contributed by atoms with Gasteiger partial charge in [-0.1, -0.05) is 23.7 Å². The van der Waals surface area contributed by atoms with Crippen LogP contribution in [-0.4, -0.2) is 34.8 Å². The molecule has 0 aliphatic rings. The Morgan fingerprint density at radius 3 is 2.76 bits per heavy atom. The molecular formula is C22H22ClN3O3. The maximum Gasteiger partial charge on any atom is 0.262 e. The molecule has 0 fully saturated rings. The van der Waals surface area contributed by atoms with Gasteiger partial charge in [-0.3, -0.25) is 14.6 Å². The maximum absolute atomic E-state index is 12.3. The summed E-state index contributed by atoms with van der Waals surface area (Å²) in [5.74, 6) is 0.216. The molecule has 0 radical (unpaired) electrons. The fourth-order valence-electron chi connectivity index (χ4n) is 2.98. The third kappa shape index (κ3) is 5.23. The van der Waals surface area contributed by atoms with Gasteiger partial charge in [-0.25, -0.2) is 0 Å². The van der Waals surface area contributed by atoms with E-state index < -0.39 is 0 Å². The number of rotatable bonds is 7. The van der Waals surface area contributed by atoms with Crippen LogP contribution in [0.1, 0.15) is 19.4 Å². The van der Waals surface area contributed by atoms with Crippen LogP contribution in [0.25, 0.3) is 10.9 Å². The van der Waals surface area contributed by atoms with Crippen LogP contribution in [0.2, 0.25) is 5.02 Å². The summed E-state index contributed by atoms with van der Waals surface area (Å²) in [6.45, 7) is 4.44. The smallest absolute Gasteiger partial charge is 0.262 e. The zero-order chi connectivity index (χ0) is 20.8. The highest BCUT2D eigenvalue weighted by Gasteiger charge is 2.11. The van der Waals surface area contributed by atoms with E-state index in [-0.39, 0.29) is 18.4 Å². The second-order valence-electron chi connectivity index (χ2n) is 6.52. The number of carbonyl (C=O) groups is 2. The number of nitrogens with one attached hydrogen (secondary N) is 1. The van der Waals surface area contributed by atoms with Crippen LogP contribution < -0.4 is 10.1 Å². The van der Waals surface area contributed by atoms with Crippen LogP contribution in [0.3, 0.4) is 0 Å². The number of carbonyl (C=O) groups excluding carboxylic acids is 2. The van der Waals surface area contributed by atoms with Gasteiger partial charge in [0.05, 0.1) is 5.02 Å². The molecule has 0 aliphatic heterocycles. The van der Waals surface area contributed by atoms with Crippen molar-refractivity contribution in [2.45, 2.75) is 20.4 Å². The third-order valence-corrected chi connectivity index (χ3v) is 4.78. The lowest BCUT2D eigenvalue weighted by molar-refractivity contribution is -0.129. The Labute approximate surface area is 174 Å². The first-order valence-electron chi connectivity index (χ1n) is 9.28. The molecule has 150 valence electrons.